The third-order valence-corrected chi connectivity index (χ3v) is 0. The van der Waals surface area contributed by atoms with Gasteiger partial charge in [-0.3, -0.25) is 9.59 Å². The van der Waals surface area contributed by atoms with Crippen LogP contribution in [0.4, 0.5) is 0 Å². The largest absolute Gasteiger partial charge is 0.724 e. The minimum atomic E-state index is 0. The van der Waals surface area contributed by atoms with Gasteiger partial charge in [-0.1, -0.05) is 0 Å². The molecule has 7 heavy (non-hydrogen) atoms. The van der Waals surface area contributed by atoms with E-state index in [0.717, 1.165) is 0 Å². The molecule has 0 aromatic carbocycles. The standard InChI is InChI=1S/2CNO.Y/c2*2-1-3;/q2*-1;. The van der Waals surface area contributed by atoms with E-state index in [1.807, 2.05) is 0 Å². The normalized spacial score (nSPS) is 2.29. The van der Waals surface area contributed by atoms with Crippen molar-refractivity contribution in [3.8, 4) is 0 Å². The molecule has 0 aromatic rings. The molecule has 0 aliphatic carbocycles. The summed E-state index contributed by atoms with van der Waals surface area (Å²) >= 11 is 0. The van der Waals surface area contributed by atoms with Crippen molar-refractivity contribution in [2.24, 2.45) is 0 Å². The summed E-state index contributed by atoms with van der Waals surface area (Å²) in [5, 5.41) is 13.5. The van der Waals surface area contributed by atoms with E-state index in [4.69, 9.17) is 20.4 Å². The number of hydrogen-bond donors (Lipinski definition) is 0. The Bertz CT molecular complexity index is 67.7. The predicted molar refractivity (Wildman–Crippen MR) is 18.1 cm³/mol. The van der Waals surface area contributed by atoms with Crippen molar-refractivity contribution in [3.63, 3.8) is 0 Å². The van der Waals surface area contributed by atoms with E-state index in [2.05, 4.69) is 0 Å². The molecule has 0 heterocycles. The van der Waals surface area contributed by atoms with Gasteiger partial charge in [0.1, 0.15) is 0 Å². The summed E-state index contributed by atoms with van der Waals surface area (Å²) in [7, 11) is 0. The second-order valence-electron chi connectivity index (χ2n) is 0.183. The molecule has 0 rings (SSSR count). The van der Waals surface area contributed by atoms with Crippen molar-refractivity contribution in [1.29, 1.82) is 0 Å². The van der Waals surface area contributed by atoms with Crippen LogP contribution >= 0.6 is 0 Å². The number of carbonyl (C=O) groups excluding carboxylic acids is 2. The number of rotatable bonds is 0. The van der Waals surface area contributed by atoms with Crippen LogP contribution in [-0.4, -0.2) is 12.2 Å². The van der Waals surface area contributed by atoms with E-state index in [9.17, 15) is 0 Å². The van der Waals surface area contributed by atoms with E-state index in [0.29, 0.717) is 12.2 Å². The van der Waals surface area contributed by atoms with Crippen LogP contribution < -0.4 is 0 Å². The molecule has 0 saturated heterocycles. The predicted octanol–water partition coefficient (Wildman–Crippen LogP) is -0.219. The van der Waals surface area contributed by atoms with E-state index >= 15 is 0 Å². The maximum Gasteiger partial charge on any atom is 0 e. The molecule has 0 saturated carbocycles. The average Bonchev–Trinajstić information content (AvgIpc) is 1.39. The molecular formula is C2N2O2Y-2. The summed E-state index contributed by atoms with van der Waals surface area (Å²) in [5.74, 6) is 0. The molecule has 0 aliphatic rings. The van der Waals surface area contributed by atoms with Crippen LogP contribution in [0.1, 0.15) is 0 Å². The Morgan fingerprint density at radius 2 is 1.00 bits per heavy atom. The second-order valence-corrected chi connectivity index (χ2v) is 0.183. The van der Waals surface area contributed by atoms with Crippen LogP contribution in [0.3, 0.4) is 0 Å². The molecule has 0 bridgehead atoms. The minimum Gasteiger partial charge on any atom is -0.724 e. The van der Waals surface area contributed by atoms with Crippen molar-refractivity contribution >= 4 is 12.2 Å². The third-order valence-electron chi connectivity index (χ3n) is 0. The topological polar surface area (TPSA) is 78.7 Å². The number of nitrogens with zero attached hydrogens (tertiary/aromatic N) is 2. The van der Waals surface area contributed by atoms with Gasteiger partial charge >= 0.3 is 0 Å². The van der Waals surface area contributed by atoms with Gasteiger partial charge in [0.15, 0.2) is 0 Å². The van der Waals surface area contributed by atoms with Gasteiger partial charge in [-0.15, -0.1) is 0 Å². The van der Waals surface area contributed by atoms with Crippen molar-refractivity contribution < 1.29 is 42.3 Å². The summed E-state index contributed by atoms with van der Waals surface area (Å²) in [6, 6.07) is 0. The molecule has 4 nitrogen and oxygen atoms in total. The number of hydrogen-bond acceptors (Lipinski definition) is 2. The Kier molecular flexibility index (Phi) is 90.2. The fraction of sp³-hybridized carbons (Fsp3) is 0. The Balaban J connectivity index is -0.0000000400. The first-order valence-electron chi connectivity index (χ1n) is 0.855. The summed E-state index contributed by atoms with van der Waals surface area (Å²) in [4.78, 5) is 16.5. The maximum atomic E-state index is 8.24. The fourth-order valence-corrected chi connectivity index (χ4v) is 0. The summed E-state index contributed by atoms with van der Waals surface area (Å²) < 4.78 is 0. The zero-order valence-corrected chi connectivity index (χ0v) is 6.13. The van der Waals surface area contributed by atoms with E-state index in [-0.39, 0.29) is 32.7 Å². The number of isocyanates is 2. The molecule has 5 heteroatoms. The van der Waals surface area contributed by atoms with E-state index in [1.165, 1.54) is 0 Å². The Labute approximate surface area is 65.2 Å². The van der Waals surface area contributed by atoms with Gasteiger partial charge in [-0.05, 0) is 12.2 Å². The minimum absolute atomic E-state index is 0. The zero-order valence-electron chi connectivity index (χ0n) is 3.29. The van der Waals surface area contributed by atoms with Crippen LogP contribution in [0.25, 0.3) is 10.8 Å². The van der Waals surface area contributed by atoms with E-state index < -0.39 is 0 Å². The quantitative estimate of drug-likeness (QED) is 0.374. The van der Waals surface area contributed by atoms with Crippen molar-refractivity contribution in [1.82, 2.24) is 0 Å². The van der Waals surface area contributed by atoms with Crippen LogP contribution in [0.5, 0.6) is 0 Å². The molecular weight excluding hydrogens is 173 g/mol. The van der Waals surface area contributed by atoms with Gasteiger partial charge in [-0.2, -0.15) is 0 Å². The van der Waals surface area contributed by atoms with Crippen LogP contribution in [0.15, 0.2) is 0 Å². The molecule has 0 spiro atoms. The Hall–Kier alpha value is -0.136. The summed E-state index contributed by atoms with van der Waals surface area (Å²) in [6.45, 7) is 0. The first-order valence-corrected chi connectivity index (χ1v) is 0.855. The Morgan fingerprint density at radius 3 is 1.00 bits per heavy atom. The summed E-state index contributed by atoms with van der Waals surface area (Å²) in [6.07, 6.45) is 1.00. The third kappa shape index (κ3) is 4730. The first kappa shape index (κ1) is 15.8. The molecule has 0 amide bonds. The molecule has 0 aliphatic heterocycles. The van der Waals surface area contributed by atoms with Gasteiger partial charge in [0.05, 0.1) is 0 Å². The maximum absolute atomic E-state index is 8.24. The average molecular weight is 173 g/mol. The van der Waals surface area contributed by atoms with Crippen LogP contribution in [0, 0.1) is 0 Å². The molecule has 0 fully saturated rings. The van der Waals surface area contributed by atoms with Crippen LogP contribution in [0.2, 0.25) is 0 Å². The second kappa shape index (κ2) is 39.9. The smallest absolute Gasteiger partial charge is 0 e. The van der Waals surface area contributed by atoms with Gasteiger partial charge in [-0.25, -0.2) is 0 Å². The van der Waals surface area contributed by atoms with Gasteiger partial charge in [0.25, 0.3) is 0 Å². The van der Waals surface area contributed by atoms with E-state index in [1.54, 1.807) is 0 Å². The first-order chi connectivity index (χ1) is 2.83. The molecule has 1 radical (unpaired) electrons. The van der Waals surface area contributed by atoms with Crippen molar-refractivity contribution in [2.45, 2.75) is 0 Å². The zero-order chi connectivity index (χ0) is 5.41. The fourth-order valence-electron chi connectivity index (χ4n) is 0. The summed E-state index contributed by atoms with van der Waals surface area (Å²) in [5.41, 5.74) is 0. The van der Waals surface area contributed by atoms with Crippen LogP contribution in [-0.2, 0) is 42.3 Å². The monoisotopic (exact) mass is 173 g/mol. The molecule has 0 atom stereocenters. The SMILES string of the molecule is [N-]=C=O.[N-]=C=O.[Y]. The van der Waals surface area contributed by atoms with Crippen molar-refractivity contribution in [3.05, 3.63) is 10.8 Å². The van der Waals surface area contributed by atoms with Gasteiger partial charge in [0, 0.05) is 32.7 Å². The van der Waals surface area contributed by atoms with Crippen molar-refractivity contribution in [2.75, 3.05) is 0 Å². The van der Waals surface area contributed by atoms with Gasteiger partial charge < -0.3 is 10.8 Å². The molecule has 0 aromatic heterocycles. The molecule has 0 N–H and O–H groups in total. The van der Waals surface area contributed by atoms with Gasteiger partial charge in [0.2, 0.25) is 0 Å². The Morgan fingerprint density at radius 1 is 1.00 bits per heavy atom. The molecule has 35 valence electrons. The molecule has 0 unspecified atom stereocenters.